The number of carbonyl (C=O) groups is 1. The summed E-state index contributed by atoms with van der Waals surface area (Å²) in [6.07, 6.45) is 0. The number of alkyl halides is 1. The van der Waals surface area contributed by atoms with E-state index in [0.29, 0.717) is 0 Å². The minimum Gasteiger partial charge on any atom is -0.503 e. The maximum Gasteiger partial charge on any atom is 0.181 e. The van der Waals surface area contributed by atoms with Gasteiger partial charge in [0.15, 0.2) is 17.3 Å². The van der Waals surface area contributed by atoms with Gasteiger partial charge in [0.1, 0.15) is 0 Å². The number of hydrogen-bond donors (Lipinski definition) is 2. The second kappa shape index (κ2) is 4.19. The van der Waals surface area contributed by atoms with Crippen molar-refractivity contribution in [2.45, 2.75) is 0 Å². The molecule has 5 heteroatoms. The topological polar surface area (TPSA) is 72.5 Å². The lowest BCUT2D eigenvalue weighted by molar-refractivity contribution is 0.102. The van der Waals surface area contributed by atoms with Crippen molar-refractivity contribution in [1.29, 1.82) is 0 Å². The zero-order chi connectivity index (χ0) is 10.7. The summed E-state index contributed by atoms with van der Waals surface area (Å²) in [7, 11) is 1.40. The summed E-state index contributed by atoms with van der Waals surface area (Å²) < 4.78 is 4.82. The molecule has 76 valence electrons. The smallest absolute Gasteiger partial charge is 0.181 e. The van der Waals surface area contributed by atoms with E-state index in [1.165, 1.54) is 19.2 Å². The standard InChI is InChI=1S/C9H10ClNO3/c1-14-7-3-2-5(6(12)4-10)8(11)9(7)13/h2-3,13H,4,11H2,1H3. The fourth-order valence-electron chi connectivity index (χ4n) is 1.07. The lowest BCUT2D eigenvalue weighted by atomic mass is 10.1. The van der Waals surface area contributed by atoms with E-state index in [1.54, 1.807) is 0 Å². The SMILES string of the molecule is COc1ccc(C(=O)CCl)c(N)c1O. The van der Waals surface area contributed by atoms with E-state index in [2.05, 4.69) is 0 Å². The van der Waals surface area contributed by atoms with Crippen molar-refractivity contribution >= 4 is 23.1 Å². The molecule has 1 aromatic rings. The third kappa shape index (κ3) is 1.75. The van der Waals surface area contributed by atoms with Gasteiger partial charge < -0.3 is 15.6 Å². The largest absolute Gasteiger partial charge is 0.503 e. The Labute approximate surface area is 86.2 Å². The fraction of sp³-hybridized carbons (Fsp3) is 0.222. The Hall–Kier alpha value is -1.42. The van der Waals surface area contributed by atoms with Crippen LogP contribution in [0, 0.1) is 0 Å². The third-order valence-corrected chi connectivity index (χ3v) is 2.06. The number of phenols is 1. The minimum absolute atomic E-state index is 0.00463. The highest BCUT2D eigenvalue weighted by atomic mass is 35.5. The monoisotopic (exact) mass is 215 g/mol. The highest BCUT2D eigenvalue weighted by Crippen LogP contribution is 2.34. The molecule has 0 heterocycles. The van der Waals surface area contributed by atoms with Gasteiger partial charge in [-0.2, -0.15) is 0 Å². The maximum atomic E-state index is 11.2. The first-order chi connectivity index (χ1) is 6.61. The molecule has 0 amide bonds. The van der Waals surface area contributed by atoms with Crippen molar-refractivity contribution in [3.8, 4) is 11.5 Å². The number of Topliss-reactive ketones (excluding diaryl/α,β-unsaturated/α-hetero) is 1. The Morgan fingerprint density at radius 1 is 1.64 bits per heavy atom. The molecule has 0 fully saturated rings. The van der Waals surface area contributed by atoms with Gasteiger partial charge in [0, 0.05) is 5.56 Å². The van der Waals surface area contributed by atoms with Crippen LogP contribution in [0.5, 0.6) is 11.5 Å². The molecule has 0 aliphatic heterocycles. The highest BCUT2D eigenvalue weighted by molar-refractivity contribution is 6.31. The Morgan fingerprint density at radius 2 is 2.29 bits per heavy atom. The predicted molar refractivity (Wildman–Crippen MR) is 54.1 cm³/mol. The van der Waals surface area contributed by atoms with Crippen LogP contribution < -0.4 is 10.5 Å². The number of anilines is 1. The second-order valence-electron chi connectivity index (χ2n) is 2.63. The molecule has 0 aliphatic rings. The molecular formula is C9H10ClNO3. The van der Waals surface area contributed by atoms with Gasteiger partial charge in [0.05, 0.1) is 18.7 Å². The number of rotatable bonds is 3. The number of nitrogens with two attached hydrogens (primary N) is 1. The summed E-state index contributed by atoms with van der Waals surface area (Å²) in [5, 5.41) is 9.48. The van der Waals surface area contributed by atoms with Crippen molar-refractivity contribution in [1.82, 2.24) is 0 Å². The number of halogens is 1. The maximum absolute atomic E-state index is 11.2. The van der Waals surface area contributed by atoms with E-state index in [-0.39, 0.29) is 34.4 Å². The molecule has 1 aromatic carbocycles. The van der Waals surface area contributed by atoms with E-state index < -0.39 is 0 Å². The van der Waals surface area contributed by atoms with Crippen LogP contribution >= 0.6 is 11.6 Å². The van der Waals surface area contributed by atoms with Crippen molar-refractivity contribution in [2.75, 3.05) is 18.7 Å². The summed E-state index contributed by atoms with van der Waals surface area (Å²) >= 11 is 5.37. The summed E-state index contributed by atoms with van der Waals surface area (Å²) in [6.45, 7) is 0. The first-order valence-corrected chi connectivity index (χ1v) is 4.39. The van der Waals surface area contributed by atoms with Crippen LogP contribution in [0.4, 0.5) is 5.69 Å². The van der Waals surface area contributed by atoms with Crippen LogP contribution in [0.2, 0.25) is 0 Å². The molecule has 0 radical (unpaired) electrons. The molecule has 0 atom stereocenters. The van der Waals surface area contributed by atoms with Crippen LogP contribution in [0.15, 0.2) is 12.1 Å². The number of benzene rings is 1. The number of hydrogen-bond acceptors (Lipinski definition) is 4. The molecule has 1 rings (SSSR count). The number of nitrogen functional groups attached to an aromatic ring is 1. The lowest BCUT2D eigenvalue weighted by Crippen LogP contribution is -2.05. The van der Waals surface area contributed by atoms with Gasteiger partial charge in [-0.05, 0) is 12.1 Å². The zero-order valence-electron chi connectivity index (χ0n) is 7.58. The highest BCUT2D eigenvalue weighted by Gasteiger charge is 2.14. The average Bonchev–Trinajstić information content (AvgIpc) is 2.21. The van der Waals surface area contributed by atoms with E-state index in [0.717, 1.165) is 0 Å². The van der Waals surface area contributed by atoms with Crippen molar-refractivity contribution < 1.29 is 14.6 Å². The quantitative estimate of drug-likeness (QED) is 0.346. The second-order valence-corrected chi connectivity index (χ2v) is 2.90. The molecule has 0 spiro atoms. The van der Waals surface area contributed by atoms with Gasteiger partial charge in [-0.25, -0.2) is 0 Å². The summed E-state index contributed by atoms with van der Waals surface area (Å²) in [6, 6.07) is 2.93. The molecule has 0 aromatic heterocycles. The Kier molecular flexibility index (Phi) is 3.19. The minimum atomic E-state index is -0.331. The molecule has 0 saturated carbocycles. The van der Waals surface area contributed by atoms with E-state index in [1.807, 2.05) is 0 Å². The number of carbonyl (C=O) groups excluding carboxylic acids is 1. The number of ketones is 1. The normalized spacial score (nSPS) is 9.86. The van der Waals surface area contributed by atoms with E-state index in [4.69, 9.17) is 22.1 Å². The lowest BCUT2D eigenvalue weighted by Gasteiger charge is -2.08. The molecule has 0 aliphatic carbocycles. The average molecular weight is 216 g/mol. The Bertz CT molecular complexity index is 365. The van der Waals surface area contributed by atoms with Gasteiger partial charge in [0.2, 0.25) is 0 Å². The number of ether oxygens (including phenoxy) is 1. The van der Waals surface area contributed by atoms with Gasteiger partial charge in [-0.3, -0.25) is 4.79 Å². The Morgan fingerprint density at radius 3 is 2.79 bits per heavy atom. The van der Waals surface area contributed by atoms with Crippen LogP contribution in [0.3, 0.4) is 0 Å². The molecule has 4 nitrogen and oxygen atoms in total. The van der Waals surface area contributed by atoms with E-state index in [9.17, 15) is 9.90 Å². The third-order valence-electron chi connectivity index (χ3n) is 1.82. The summed E-state index contributed by atoms with van der Waals surface area (Å²) in [4.78, 5) is 11.2. The van der Waals surface area contributed by atoms with Gasteiger partial charge in [-0.1, -0.05) is 0 Å². The van der Waals surface area contributed by atoms with Crippen molar-refractivity contribution in [2.24, 2.45) is 0 Å². The first kappa shape index (κ1) is 10.7. The van der Waals surface area contributed by atoms with Gasteiger partial charge in [0.25, 0.3) is 0 Å². The van der Waals surface area contributed by atoms with Crippen LogP contribution in [-0.4, -0.2) is 23.9 Å². The molecular weight excluding hydrogens is 206 g/mol. The number of phenolic OH excluding ortho intramolecular Hbond substituents is 1. The molecule has 14 heavy (non-hydrogen) atoms. The van der Waals surface area contributed by atoms with Gasteiger partial charge >= 0.3 is 0 Å². The van der Waals surface area contributed by atoms with E-state index >= 15 is 0 Å². The number of methoxy groups -OCH3 is 1. The van der Waals surface area contributed by atoms with Gasteiger partial charge in [-0.15, -0.1) is 11.6 Å². The Balaban J connectivity index is 3.24. The molecule has 3 N–H and O–H groups in total. The summed E-state index contributed by atoms with van der Waals surface area (Å²) in [5.41, 5.74) is 5.73. The zero-order valence-corrected chi connectivity index (χ0v) is 8.34. The first-order valence-electron chi connectivity index (χ1n) is 3.86. The summed E-state index contributed by atoms with van der Waals surface area (Å²) in [5.74, 6) is -0.505. The molecule has 0 saturated heterocycles. The number of aromatic hydroxyl groups is 1. The molecule has 0 bridgehead atoms. The predicted octanol–water partition coefficient (Wildman–Crippen LogP) is 1.40. The van der Waals surface area contributed by atoms with Crippen molar-refractivity contribution in [3.63, 3.8) is 0 Å². The van der Waals surface area contributed by atoms with Crippen LogP contribution in [0.25, 0.3) is 0 Å². The van der Waals surface area contributed by atoms with Crippen LogP contribution in [0.1, 0.15) is 10.4 Å². The van der Waals surface area contributed by atoms with Crippen LogP contribution in [-0.2, 0) is 0 Å². The fourth-order valence-corrected chi connectivity index (χ4v) is 1.21. The molecule has 0 unspecified atom stereocenters. The van der Waals surface area contributed by atoms with Crippen molar-refractivity contribution in [3.05, 3.63) is 17.7 Å².